The number of amides is 2. The molecule has 5 heteroatoms. The maximum absolute atomic E-state index is 13.2. The van der Waals surface area contributed by atoms with Gasteiger partial charge in [-0.2, -0.15) is 0 Å². The van der Waals surface area contributed by atoms with Crippen molar-refractivity contribution in [3.05, 3.63) is 66.0 Å². The van der Waals surface area contributed by atoms with Crippen molar-refractivity contribution in [1.29, 1.82) is 0 Å². The highest BCUT2D eigenvalue weighted by Crippen LogP contribution is 2.23. The predicted octanol–water partition coefficient (Wildman–Crippen LogP) is 5.51. The second kappa shape index (κ2) is 10.4. The fourth-order valence-corrected chi connectivity index (χ4v) is 4.11. The summed E-state index contributed by atoms with van der Waals surface area (Å²) < 4.78 is 13.2. The maximum Gasteiger partial charge on any atom is 0.322 e. The highest BCUT2D eigenvalue weighted by atomic mass is 19.1. The van der Waals surface area contributed by atoms with E-state index in [0.717, 1.165) is 31.5 Å². The average molecular weight is 398 g/mol. The molecule has 2 amide bonds. The van der Waals surface area contributed by atoms with Crippen LogP contribution in [0.4, 0.5) is 14.9 Å². The molecule has 1 heterocycles. The second-order valence-corrected chi connectivity index (χ2v) is 7.96. The van der Waals surface area contributed by atoms with E-state index in [0.29, 0.717) is 18.3 Å². The first-order valence-electron chi connectivity index (χ1n) is 10.7. The van der Waals surface area contributed by atoms with E-state index < -0.39 is 0 Å². The van der Waals surface area contributed by atoms with Crippen LogP contribution in [0.25, 0.3) is 0 Å². The summed E-state index contributed by atoms with van der Waals surface area (Å²) in [4.78, 5) is 17.6. The number of carbonyl (C=O) groups excluding carboxylic acids is 1. The molecule has 0 saturated carbocycles. The second-order valence-electron chi connectivity index (χ2n) is 7.96. The third kappa shape index (κ3) is 6.04. The van der Waals surface area contributed by atoms with Crippen LogP contribution in [0.1, 0.15) is 45.1 Å². The van der Waals surface area contributed by atoms with Gasteiger partial charge in [-0.25, -0.2) is 9.18 Å². The van der Waals surface area contributed by atoms with E-state index in [1.807, 2.05) is 23.1 Å². The molecule has 0 bridgehead atoms. The molecule has 1 unspecified atom stereocenters. The van der Waals surface area contributed by atoms with Crippen molar-refractivity contribution in [3.8, 4) is 0 Å². The van der Waals surface area contributed by atoms with Crippen molar-refractivity contribution < 1.29 is 9.18 Å². The van der Waals surface area contributed by atoms with Crippen LogP contribution >= 0.6 is 0 Å². The normalized spacial score (nSPS) is 16.4. The fourth-order valence-electron chi connectivity index (χ4n) is 4.11. The number of hydrogen-bond acceptors (Lipinski definition) is 2. The van der Waals surface area contributed by atoms with E-state index in [-0.39, 0.29) is 17.9 Å². The molecular formula is C24H32FN3O. The molecule has 0 spiro atoms. The van der Waals surface area contributed by atoms with Gasteiger partial charge in [0.15, 0.2) is 0 Å². The number of rotatable bonds is 7. The third-order valence-corrected chi connectivity index (χ3v) is 5.82. The number of hydrogen-bond donors (Lipinski definition) is 1. The Balaban J connectivity index is 1.69. The van der Waals surface area contributed by atoms with Gasteiger partial charge >= 0.3 is 6.03 Å². The number of nitrogens with zero attached hydrogens (tertiary/aromatic N) is 2. The van der Waals surface area contributed by atoms with Crippen molar-refractivity contribution in [3.63, 3.8) is 0 Å². The molecule has 1 atom stereocenters. The Morgan fingerprint density at radius 2 is 1.79 bits per heavy atom. The smallest absolute Gasteiger partial charge is 0.317 e. The summed E-state index contributed by atoms with van der Waals surface area (Å²) in [6, 6.07) is 16.7. The van der Waals surface area contributed by atoms with Crippen molar-refractivity contribution in [1.82, 2.24) is 9.80 Å². The molecular weight excluding hydrogens is 365 g/mol. The molecule has 1 aliphatic heterocycles. The first kappa shape index (κ1) is 21.3. The van der Waals surface area contributed by atoms with E-state index in [4.69, 9.17) is 0 Å². The lowest BCUT2D eigenvalue weighted by molar-refractivity contribution is 0.0989. The Labute approximate surface area is 173 Å². The summed E-state index contributed by atoms with van der Waals surface area (Å²) >= 11 is 0. The fraction of sp³-hybridized carbons (Fsp3) is 0.458. The van der Waals surface area contributed by atoms with Gasteiger partial charge in [0.05, 0.1) is 0 Å². The van der Waals surface area contributed by atoms with Crippen LogP contribution in [0.3, 0.4) is 0 Å². The molecule has 0 aromatic heterocycles. The standard InChI is InChI=1S/C24H32FN3O/c1-3-7-19(2)27-16-14-23(15-17-27)28(18-20-8-5-4-6-9-20)24(29)26-22-12-10-21(25)11-13-22/h4-6,8-13,19,23H,3,7,14-18H2,1-2H3,(H,26,29). The Kier molecular flexibility index (Phi) is 7.64. The molecule has 0 radical (unpaired) electrons. The van der Waals surface area contributed by atoms with Crippen LogP contribution in [-0.4, -0.2) is 41.0 Å². The summed E-state index contributed by atoms with van der Waals surface area (Å²) in [7, 11) is 0. The number of piperidine rings is 1. The van der Waals surface area contributed by atoms with Crippen LogP contribution in [0.5, 0.6) is 0 Å². The quantitative estimate of drug-likeness (QED) is 0.668. The van der Waals surface area contributed by atoms with E-state index >= 15 is 0 Å². The molecule has 156 valence electrons. The number of urea groups is 1. The molecule has 3 rings (SSSR count). The molecule has 2 aromatic carbocycles. The summed E-state index contributed by atoms with van der Waals surface area (Å²) in [5, 5.41) is 2.95. The van der Waals surface area contributed by atoms with Crippen LogP contribution in [0.15, 0.2) is 54.6 Å². The largest absolute Gasteiger partial charge is 0.322 e. The number of nitrogens with one attached hydrogen (secondary N) is 1. The third-order valence-electron chi connectivity index (χ3n) is 5.82. The highest BCUT2D eigenvalue weighted by Gasteiger charge is 2.29. The molecule has 0 aliphatic carbocycles. The Morgan fingerprint density at radius 3 is 2.41 bits per heavy atom. The van der Waals surface area contributed by atoms with Gasteiger partial charge in [-0.1, -0.05) is 43.7 Å². The van der Waals surface area contributed by atoms with Crippen molar-refractivity contribution in [2.45, 2.75) is 58.2 Å². The monoisotopic (exact) mass is 397 g/mol. The summed E-state index contributed by atoms with van der Waals surface area (Å²) in [5.41, 5.74) is 1.73. The zero-order valence-electron chi connectivity index (χ0n) is 17.5. The van der Waals surface area contributed by atoms with Crippen LogP contribution in [0, 0.1) is 5.82 Å². The average Bonchev–Trinajstić information content (AvgIpc) is 2.74. The molecule has 1 fully saturated rings. The SMILES string of the molecule is CCCC(C)N1CCC(N(Cc2ccccc2)C(=O)Nc2ccc(F)cc2)CC1. The minimum atomic E-state index is -0.308. The van der Waals surface area contributed by atoms with Gasteiger partial charge in [0.2, 0.25) is 0 Å². The lowest BCUT2D eigenvalue weighted by atomic mass is 10.00. The van der Waals surface area contributed by atoms with Gasteiger partial charge in [-0.05, 0) is 56.0 Å². The Bertz CT molecular complexity index is 757. The van der Waals surface area contributed by atoms with Crippen LogP contribution in [-0.2, 0) is 6.54 Å². The summed E-state index contributed by atoms with van der Waals surface area (Å²) in [6.45, 7) is 7.13. The van der Waals surface area contributed by atoms with E-state index in [2.05, 4.69) is 36.2 Å². The number of carbonyl (C=O) groups is 1. The van der Waals surface area contributed by atoms with Crippen molar-refractivity contribution in [2.24, 2.45) is 0 Å². The molecule has 29 heavy (non-hydrogen) atoms. The summed E-state index contributed by atoms with van der Waals surface area (Å²) in [5.74, 6) is -0.308. The minimum Gasteiger partial charge on any atom is -0.317 e. The van der Waals surface area contributed by atoms with Gasteiger partial charge in [-0.15, -0.1) is 0 Å². The molecule has 4 nitrogen and oxygen atoms in total. The topological polar surface area (TPSA) is 35.6 Å². The predicted molar refractivity (Wildman–Crippen MR) is 116 cm³/mol. The highest BCUT2D eigenvalue weighted by molar-refractivity contribution is 5.89. The van der Waals surface area contributed by atoms with Crippen molar-refractivity contribution in [2.75, 3.05) is 18.4 Å². The van der Waals surface area contributed by atoms with Gasteiger partial charge in [-0.3, -0.25) is 0 Å². The van der Waals surface area contributed by atoms with Crippen LogP contribution in [0.2, 0.25) is 0 Å². The number of halogens is 1. The van der Waals surface area contributed by atoms with Gasteiger partial charge < -0.3 is 15.1 Å². The van der Waals surface area contributed by atoms with Gasteiger partial charge in [0.1, 0.15) is 5.82 Å². The van der Waals surface area contributed by atoms with Crippen LogP contribution < -0.4 is 5.32 Å². The van der Waals surface area contributed by atoms with E-state index in [9.17, 15) is 9.18 Å². The molecule has 1 saturated heterocycles. The lowest BCUT2D eigenvalue weighted by Gasteiger charge is -2.40. The number of anilines is 1. The van der Waals surface area contributed by atoms with Gasteiger partial charge in [0.25, 0.3) is 0 Å². The van der Waals surface area contributed by atoms with E-state index in [1.165, 1.54) is 25.0 Å². The van der Waals surface area contributed by atoms with E-state index in [1.54, 1.807) is 12.1 Å². The lowest BCUT2D eigenvalue weighted by Crippen LogP contribution is -2.50. The van der Waals surface area contributed by atoms with Gasteiger partial charge in [0, 0.05) is 37.4 Å². The minimum absolute atomic E-state index is 0.125. The first-order valence-corrected chi connectivity index (χ1v) is 10.7. The zero-order valence-corrected chi connectivity index (χ0v) is 17.5. The number of likely N-dealkylation sites (tertiary alicyclic amines) is 1. The summed E-state index contributed by atoms with van der Waals surface area (Å²) in [6.07, 6.45) is 4.35. The Morgan fingerprint density at radius 1 is 1.14 bits per heavy atom. The number of benzene rings is 2. The zero-order chi connectivity index (χ0) is 20.6. The first-order chi connectivity index (χ1) is 14.1. The molecule has 1 aliphatic rings. The Hall–Kier alpha value is -2.40. The van der Waals surface area contributed by atoms with Crippen molar-refractivity contribution >= 4 is 11.7 Å². The maximum atomic E-state index is 13.2. The molecule has 1 N–H and O–H groups in total. The molecule has 2 aromatic rings.